The molecular formula is C9H12N4O2. The summed E-state index contributed by atoms with van der Waals surface area (Å²) in [6.45, 7) is 4.68. The van der Waals surface area contributed by atoms with E-state index in [2.05, 4.69) is 15.3 Å². The molecule has 0 fully saturated rings. The van der Waals surface area contributed by atoms with Crippen molar-refractivity contribution >= 4 is 5.95 Å². The van der Waals surface area contributed by atoms with Gasteiger partial charge in [0.15, 0.2) is 6.19 Å². The number of hydrogen-bond donors (Lipinski definition) is 1. The summed E-state index contributed by atoms with van der Waals surface area (Å²) in [6.07, 6.45) is 1.74. The number of anilines is 1. The second-order valence-electron chi connectivity index (χ2n) is 2.47. The van der Waals surface area contributed by atoms with Crippen molar-refractivity contribution in [3.63, 3.8) is 0 Å². The lowest BCUT2D eigenvalue weighted by Gasteiger charge is -2.06. The summed E-state index contributed by atoms with van der Waals surface area (Å²) in [6, 6.07) is 1.58. The molecule has 0 radical (unpaired) electrons. The Morgan fingerprint density at radius 2 is 1.80 bits per heavy atom. The Bertz CT molecular complexity index is 337. The van der Waals surface area contributed by atoms with Gasteiger partial charge in [0.2, 0.25) is 17.7 Å². The number of aromatic nitrogens is 2. The minimum Gasteiger partial charge on any atom is -0.478 e. The van der Waals surface area contributed by atoms with Crippen LogP contribution in [0.25, 0.3) is 0 Å². The van der Waals surface area contributed by atoms with Crippen LogP contribution in [0.1, 0.15) is 13.8 Å². The first-order chi connectivity index (χ1) is 7.30. The third kappa shape index (κ3) is 3.31. The first-order valence-corrected chi connectivity index (χ1v) is 4.60. The maximum absolute atomic E-state index is 8.44. The largest absolute Gasteiger partial charge is 0.478 e. The molecule has 15 heavy (non-hydrogen) atoms. The molecule has 0 spiro atoms. The van der Waals surface area contributed by atoms with E-state index in [1.807, 2.05) is 13.8 Å². The Balaban J connectivity index is 2.92. The molecule has 0 aliphatic rings. The summed E-state index contributed by atoms with van der Waals surface area (Å²) in [4.78, 5) is 7.90. The molecule has 6 nitrogen and oxygen atoms in total. The molecule has 0 amide bonds. The number of rotatable bonds is 5. The standard InChI is InChI=1S/C9H12N4O2/c1-3-14-7-5-8(15-4-2)13-9(12-7)11-6-10/h5H,3-4H2,1-2H3,(H,11,12,13). The van der Waals surface area contributed by atoms with Crippen molar-refractivity contribution in [2.45, 2.75) is 13.8 Å². The minimum absolute atomic E-state index is 0.173. The zero-order valence-electron chi connectivity index (χ0n) is 8.65. The molecular weight excluding hydrogens is 196 g/mol. The number of nitrogens with zero attached hydrogens (tertiary/aromatic N) is 3. The van der Waals surface area contributed by atoms with Crippen LogP contribution in [0.15, 0.2) is 6.07 Å². The predicted octanol–water partition coefficient (Wildman–Crippen LogP) is 1.17. The molecule has 0 aliphatic carbocycles. The van der Waals surface area contributed by atoms with Gasteiger partial charge >= 0.3 is 0 Å². The summed E-state index contributed by atoms with van der Waals surface area (Å²) in [5, 5.41) is 10.8. The van der Waals surface area contributed by atoms with Crippen LogP contribution >= 0.6 is 0 Å². The van der Waals surface area contributed by atoms with Gasteiger partial charge in [-0.05, 0) is 13.8 Å². The lowest BCUT2D eigenvalue weighted by Crippen LogP contribution is -2.03. The highest BCUT2D eigenvalue weighted by Crippen LogP contribution is 2.17. The van der Waals surface area contributed by atoms with Gasteiger partial charge in [0.05, 0.1) is 19.3 Å². The van der Waals surface area contributed by atoms with E-state index in [-0.39, 0.29) is 5.95 Å². The molecule has 1 aromatic heterocycles. The van der Waals surface area contributed by atoms with Crippen LogP contribution in [-0.4, -0.2) is 23.2 Å². The fraction of sp³-hybridized carbons (Fsp3) is 0.444. The molecule has 1 rings (SSSR count). The van der Waals surface area contributed by atoms with Crippen molar-refractivity contribution in [1.82, 2.24) is 9.97 Å². The fourth-order valence-corrected chi connectivity index (χ4v) is 0.953. The molecule has 0 aromatic carbocycles. The quantitative estimate of drug-likeness (QED) is 0.577. The first kappa shape index (κ1) is 11.0. The molecule has 0 saturated carbocycles. The van der Waals surface area contributed by atoms with E-state index in [9.17, 15) is 0 Å². The predicted molar refractivity (Wildman–Crippen MR) is 53.6 cm³/mol. The SMILES string of the molecule is CCOc1cc(OCC)nc(NC#N)n1. The van der Waals surface area contributed by atoms with Crippen LogP contribution < -0.4 is 14.8 Å². The van der Waals surface area contributed by atoms with Crippen molar-refractivity contribution in [3.05, 3.63) is 6.07 Å². The third-order valence-electron chi connectivity index (χ3n) is 1.43. The van der Waals surface area contributed by atoms with E-state index in [0.29, 0.717) is 25.0 Å². The molecule has 0 bridgehead atoms. The summed E-state index contributed by atoms with van der Waals surface area (Å²) >= 11 is 0. The minimum atomic E-state index is 0.173. The third-order valence-corrected chi connectivity index (χ3v) is 1.43. The zero-order chi connectivity index (χ0) is 11.1. The zero-order valence-corrected chi connectivity index (χ0v) is 8.65. The molecule has 1 aromatic rings. The van der Waals surface area contributed by atoms with E-state index >= 15 is 0 Å². The topological polar surface area (TPSA) is 80.1 Å². The van der Waals surface area contributed by atoms with Crippen LogP contribution in [0.2, 0.25) is 0 Å². The van der Waals surface area contributed by atoms with Gasteiger partial charge in [0.1, 0.15) is 0 Å². The highest BCUT2D eigenvalue weighted by Gasteiger charge is 2.05. The monoisotopic (exact) mass is 208 g/mol. The molecule has 0 atom stereocenters. The van der Waals surface area contributed by atoms with Gasteiger partial charge in [-0.3, -0.25) is 5.32 Å². The van der Waals surface area contributed by atoms with Gasteiger partial charge in [-0.2, -0.15) is 15.2 Å². The summed E-state index contributed by atoms with van der Waals surface area (Å²) in [5.41, 5.74) is 0. The molecule has 0 aliphatic heterocycles. The maximum atomic E-state index is 8.44. The van der Waals surface area contributed by atoms with Crippen LogP contribution in [0.5, 0.6) is 11.8 Å². The van der Waals surface area contributed by atoms with Gasteiger partial charge in [-0.15, -0.1) is 0 Å². The number of ether oxygens (including phenoxy) is 2. The highest BCUT2D eigenvalue weighted by molar-refractivity contribution is 5.36. The Kier molecular flexibility index (Phi) is 4.16. The Hall–Kier alpha value is -2.03. The van der Waals surface area contributed by atoms with Crippen LogP contribution in [-0.2, 0) is 0 Å². The van der Waals surface area contributed by atoms with Gasteiger partial charge in [-0.25, -0.2) is 0 Å². The van der Waals surface area contributed by atoms with Crippen molar-refractivity contribution in [1.29, 1.82) is 5.26 Å². The fourth-order valence-electron chi connectivity index (χ4n) is 0.953. The van der Waals surface area contributed by atoms with Crippen molar-refractivity contribution < 1.29 is 9.47 Å². The number of hydrogen-bond acceptors (Lipinski definition) is 6. The lowest BCUT2D eigenvalue weighted by atomic mass is 10.6. The normalized spacial score (nSPS) is 9.13. The van der Waals surface area contributed by atoms with E-state index < -0.39 is 0 Å². The molecule has 1 heterocycles. The van der Waals surface area contributed by atoms with E-state index in [4.69, 9.17) is 14.7 Å². The number of nitrogens with one attached hydrogen (secondary N) is 1. The molecule has 80 valence electrons. The van der Waals surface area contributed by atoms with Crippen molar-refractivity contribution in [2.75, 3.05) is 18.5 Å². The lowest BCUT2D eigenvalue weighted by molar-refractivity contribution is 0.306. The second-order valence-corrected chi connectivity index (χ2v) is 2.47. The molecule has 0 saturated heterocycles. The summed E-state index contributed by atoms with van der Waals surface area (Å²) < 4.78 is 10.4. The van der Waals surface area contributed by atoms with Crippen LogP contribution in [0.3, 0.4) is 0 Å². The van der Waals surface area contributed by atoms with E-state index in [1.54, 1.807) is 12.3 Å². The molecule has 1 N–H and O–H groups in total. The van der Waals surface area contributed by atoms with Crippen molar-refractivity contribution in [3.8, 4) is 18.0 Å². The number of nitriles is 1. The van der Waals surface area contributed by atoms with Gasteiger partial charge < -0.3 is 9.47 Å². The van der Waals surface area contributed by atoms with E-state index in [0.717, 1.165) is 0 Å². The Labute approximate surface area is 87.9 Å². The first-order valence-electron chi connectivity index (χ1n) is 4.60. The molecule has 0 unspecified atom stereocenters. The maximum Gasteiger partial charge on any atom is 0.242 e. The van der Waals surface area contributed by atoms with Crippen molar-refractivity contribution in [2.24, 2.45) is 0 Å². The van der Waals surface area contributed by atoms with E-state index in [1.165, 1.54) is 0 Å². The second kappa shape index (κ2) is 5.65. The smallest absolute Gasteiger partial charge is 0.242 e. The Morgan fingerprint density at radius 1 is 1.27 bits per heavy atom. The van der Waals surface area contributed by atoms with Gasteiger partial charge in [0.25, 0.3) is 0 Å². The van der Waals surface area contributed by atoms with Crippen LogP contribution in [0.4, 0.5) is 5.95 Å². The summed E-state index contributed by atoms with van der Waals surface area (Å²) in [7, 11) is 0. The van der Waals surface area contributed by atoms with Crippen LogP contribution in [0, 0.1) is 11.5 Å². The summed E-state index contributed by atoms with van der Waals surface area (Å²) in [5.74, 6) is 0.939. The van der Waals surface area contributed by atoms with Gasteiger partial charge in [0, 0.05) is 0 Å². The molecule has 6 heteroatoms. The average Bonchev–Trinajstić information content (AvgIpc) is 2.19. The Morgan fingerprint density at radius 3 is 2.20 bits per heavy atom. The van der Waals surface area contributed by atoms with Gasteiger partial charge in [-0.1, -0.05) is 0 Å². The average molecular weight is 208 g/mol. The highest BCUT2D eigenvalue weighted by atomic mass is 16.5.